The number of hydrogen-bond acceptors (Lipinski definition) is 5. The van der Waals surface area contributed by atoms with E-state index in [4.69, 9.17) is 0 Å². The Morgan fingerprint density at radius 2 is 2.13 bits per heavy atom. The van der Waals surface area contributed by atoms with Gasteiger partial charge < -0.3 is 4.90 Å². The number of fused-ring (bicyclic) bond motifs is 1. The molecule has 2 atom stereocenters. The lowest BCUT2D eigenvalue weighted by atomic mass is 10.2. The van der Waals surface area contributed by atoms with E-state index >= 15 is 0 Å². The molecule has 0 aliphatic carbocycles. The standard InChI is InChI=1S/C14H21N5O3S/c1-9-13-12(18(4)15-9)7-19(16-13)10(2)14(20)17(3)11-5-6-23(21,22)8-11/h7,10-11H,5-6,8H2,1-4H3/t10-,11+/m0/s1. The van der Waals surface area contributed by atoms with Crippen LogP contribution in [0.1, 0.15) is 25.1 Å². The third-order valence-electron chi connectivity index (χ3n) is 4.56. The van der Waals surface area contributed by atoms with Crippen molar-refractivity contribution in [1.29, 1.82) is 0 Å². The number of hydrogen-bond donors (Lipinski definition) is 0. The molecule has 126 valence electrons. The van der Waals surface area contributed by atoms with Crippen molar-refractivity contribution in [3.05, 3.63) is 11.9 Å². The Morgan fingerprint density at radius 3 is 2.70 bits per heavy atom. The van der Waals surface area contributed by atoms with Crippen LogP contribution in [0.25, 0.3) is 11.0 Å². The molecule has 0 bridgehead atoms. The highest BCUT2D eigenvalue weighted by molar-refractivity contribution is 7.91. The van der Waals surface area contributed by atoms with Gasteiger partial charge in [-0.1, -0.05) is 0 Å². The minimum Gasteiger partial charge on any atom is -0.340 e. The van der Waals surface area contributed by atoms with E-state index in [2.05, 4.69) is 10.2 Å². The number of amides is 1. The van der Waals surface area contributed by atoms with E-state index in [0.29, 0.717) is 6.42 Å². The topological polar surface area (TPSA) is 90.1 Å². The van der Waals surface area contributed by atoms with E-state index in [1.807, 2.05) is 14.0 Å². The van der Waals surface area contributed by atoms with Gasteiger partial charge >= 0.3 is 0 Å². The molecule has 1 saturated heterocycles. The van der Waals surface area contributed by atoms with Crippen LogP contribution in [-0.2, 0) is 21.7 Å². The summed E-state index contributed by atoms with van der Waals surface area (Å²) >= 11 is 0. The average Bonchev–Trinajstić information content (AvgIpc) is 3.14. The second-order valence-electron chi connectivity index (χ2n) is 6.23. The number of likely N-dealkylation sites (N-methyl/N-ethyl adjacent to an activating group) is 1. The molecular weight excluding hydrogens is 318 g/mol. The molecule has 0 N–H and O–H groups in total. The first-order valence-electron chi connectivity index (χ1n) is 7.55. The van der Waals surface area contributed by atoms with Crippen LogP contribution in [0.2, 0.25) is 0 Å². The lowest BCUT2D eigenvalue weighted by Crippen LogP contribution is -2.41. The Bertz CT molecular complexity index is 832. The molecule has 1 aliphatic heterocycles. The highest BCUT2D eigenvalue weighted by atomic mass is 32.2. The molecule has 2 aromatic rings. The van der Waals surface area contributed by atoms with E-state index in [1.54, 1.807) is 34.4 Å². The number of carbonyl (C=O) groups excluding carboxylic acids is 1. The van der Waals surface area contributed by atoms with Crippen molar-refractivity contribution in [2.45, 2.75) is 32.4 Å². The zero-order valence-electron chi connectivity index (χ0n) is 13.7. The molecular formula is C14H21N5O3S. The number of rotatable bonds is 3. The van der Waals surface area contributed by atoms with Gasteiger partial charge in [0.25, 0.3) is 0 Å². The van der Waals surface area contributed by atoms with Crippen LogP contribution < -0.4 is 0 Å². The number of sulfone groups is 1. The molecule has 0 saturated carbocycles. The van der Waals surface area contributed by atoms with Gasteiger partial charge in [-0.3, -0.25) is 14.2 Å². The van der Waals surface area contributed by atoms with Crippen molar-refractivity contribution in [3.63, 3.8) is 0 Å². The Balaban J connectivity index is 1.82. The zero-order chi connectivity index (χ0) is 16.9. The molecule has 3 rings (SSSR count). The largest absolute Gasteiger partial charge is 0.340 e. The van der Waals surface area contributed by atoms with Gasteiger partial charge in [-0.25, -0.2) is 8.42 Å². The van der Waals surface area contributed by atoms with Crippen LogP contribution in [0.3, 0.4) is 0 Å². The Kier molecular flexibility index (Phi) is 3.70. The van der Waals surface area contributed by atoms with Gasteiger partial charge in [0.05, 0.1) is 23.4 Å². The van der Waals surface area contributed by atoms with Crippen molar-refractivity contribution in [2.24, 2.45) is 7.05 Å². The highest BCUT2D eigenvalue weighted by Crippen LogP contribution is 2.22. The summed E-state index contributed by atoms with van der Waals surface area (Å²) in [7, 11) is 0.489. The summed E-state index contributed by atoms with van der Waals surface area (Å²) in [5.41, 5.74) is 2.46. The number of carbonyl (C=O) groups is 1. The van der Waals surface area contributed by atoms with E-state index in [0.717, 1.165) is 16.7 Å². The van der Waals surface area contributed by atoms with Crippen LogP contribution in [-0.4, -0.2) is 63.4 Å². The second-order valence-corrected chi connectivity index (χ2v) is 8.46. The Morgan fingerprint density at radius 1 is 1.43 bits per heavy atom. The summed E-state index contributed by atoms with van der Waals surface area (Å²) in [5, 5.41) is 8.75. The van der Waals surface area contributed by atoms with Crippen LogP contribution in [0.4, 0.5) is 0 Å². The van der Waals surface area contributed by atoms with Crippen LogP contribution in [0, 0.1) is 6.92 Å². The maximum absolute atomic E-state index is 12.7. The lowest BCUT2D eigenvalue weighted by molar-refractivity contribution is -0.134. The number of nitrogens with zero attached hydrogens (tertiary/aromatic N) is 5. The summed E-state index contributed by atoms with van der Waals surface area (Å²) in [6.07, 6.45) is 2.30. The molecule has 23 heavy (non-hydrogen) atoms. The lowest BCUT2D eigenvalue weighted by Gasteiger charge is -2.26. The van der Waals surface area contributed by atoms with Gasteiger partial charge in [-0.15, -0.1) is 0 Å². The SMILES string of the molecule is Cc1nn(C)c2cn([C@@H](C)C(=O)N(C)[C@@H]3CCS(=O)(=O)C3)nc12. The molecule has 1 fully saturated rings. The molecule has 1 aliphatic rings. The normalized spacial score (nSPS) is 21.7. The predicted molar refractivity (Wildman–Crippen MR) is 85.8 cm³/mol. The number of aromatic nitrogens is 4. The summed E-state index contributed by atoms with van der Waals surface area (Å²) in [5.74, 6) is 0.0669. The van der Waals surface area contributed by atoms with E-state index in [-0.39, 0.29) is 23.5 Å². The first-order valence-corrected chi connectivity index (χ1v) is 9.37. The Labute approximate surface area is 135 Å². The summed E-state index contributed by atoms with van der Waals surface area (Å²) < 4.78 is 26.6. The van der Waals surface area contributed by atoms with Crippen LogP contribution in [0.5, 0.6) is 0 Å². The second kappa shape index (κ2) is 5.33. The molecule has 9 heteroatoms. The molecule has 1 amide bonds. The van der Waals surface area contributed by atoms with E-state index < -0.39 is 15.9 Å². The van der Waals surface area contributed by atoms with Gasteiger partial charge in [0.2, 0.25) is 5.91 Å². The molecule has 0 unspecified atom stereocenters. The average molecular weight is 339 g/mol. The maximum Gasteiger partial charge on any atom is 0.247 e. The third kappa shape index (κ3) is 2.73. The summed E-state index contributed by atoms with van der Waals surface area (Å²) in [4.78, 5) is 14.2. The number of aryl methyl sites for hydroxylation is 2. The first kappa shape index (κ1) is 16.0. The van der Waals surface area contributed by atoms with E-state index in [9.17, 15) is 13.2 Å². The minimum atomic E-state index is -3.02. The van der Waals surface area contributed by atoms with Gasteiger partial charge in [-0.05, 0) is 20.3 Å². The fraction of sp³-hybridized carbons (Fsp3) is 0.643. The van der Waals surface area contributed by atoms with Crippen LogP contribution >= 0.6 is 0 Å². The zero-order valence-corrected chi connectivity index (χ0v) is 14.5. The highest BCUT2D eigenvalue weighted by Gasteiger charge is 2.34. The third-order valence-corrected chi connectivity index (χ3v) is 6.31. The smallest absolute Gasteiger partial charge is 0.247 e. The maximum atomic E-state index is 12.7. The van der Waals surface area contributed by atoms with Gasteiger partial charge in [-0.2, -0.15) is 10.2 Å². The van der Waals surface area contributed by atoms with Gasteiger partial charge in [0.15, 0.2) is 9.84 Å². The monoisotopic (exact) mass is 339 g/mol. The summed E-state index contributed by atoms with van der Waals surface area (Å²) in [6.45, 7) is 3.65. The molecule has 2 aromatic heterocycles. The van der Waals surface area contributed by atoms with Crippen LogP contribution in [0.15, 0.2) is 6.20 Å². The predicted octanol–water partition coefficient (Wildman–Crippen LogP) is 0.285. The molecule has 0 aromatic carbocycles. The fourth-order valence-corrected chi connectivity index (χ4v) is 4.84. The molecule has 0 radical (unpaired) electrons. The van der Waals surface area contributed by atoms with Crippen molar-refractivity contribution in [1.82, 2.24) is 24.5 Å². The van der Waals surface area contributed by atoms with Crippen molar-refractivity contribution >= 4 is 26.8 Å². The first-order chi connectivity index (χ1) is 10.7. The molecule has 3 heterocycles. The molecule has 0 spiro atoms. The fourth-order valence-electron chi connectivity index (χ4n) is 3.07. The quantitative estimate of drug-likeness (QED) is 0.801. The van der Waals surface area contributed by atoms with Gasteiger partial charge in [0.1, 0.15) is 17.1 Å². The van der Waals surface area contributed by atoms with Crippen molar-refractivity contribution in [3.8, 4) is 0 Å². The van der Waals surface area contributed by atoms with Crippen molar-refractivity contribution < 1.29 is 13.2 Å². The Hall–Kier alpha value is -1.90. The van der Waals surface area contributed by atoms with Gasteiger partial charge in [0, 0.05) is 20.1 Å². The van der Waals surface area contributed by atoms with E-state index in [1.165, 1.54) is 0 Å². The van der Waals surface area contributed by atoms with Crippen molar-refractivity contribution in [2.75, 3.05) is 18.6 Å². The molecule has 8 nitrogen and oxygen atoms in total. The summed E-state index contributed by atoms with van der Waals surface area (Å²) in [6, 6.07) is -0.738. The minimum absolute atomic E-state index is 0.0477.